The Bertz CT molecular complexity index is 385. The summed E-state index contributed by atoms with van der Waals surface area (Å²) in [4.78, 5) is 0. The van der Waals surface area contributed by atoms with E-state index in [4.69, 9.17) is 4.74 Å². The molecule has 0 amide bonds. The van der Waals surface area contributed by atoms with Gasteiger partial charge in [-0.15, -0.1) is 0 Å². The van der Waals surface area contributed by atoms with Crippen molar-refractivity contribution in [2.45, 2.75) is 46.5 Å². The van der Waals surface area contributed by atoms with Crippen LogP contribution in [0.2, 0.25) is 0 Å². The van der Waals surface area contributed by atoms with E-state index in [0.717, 1.165) is 25.6 Å². The molecule has 0 aliphatic carbocycles. The molecule has 0 spiro atoms. The van der Waals surface area contributed by atoms with Crippen molar-refractivity contribution in [1.29, 1.82) is 0 Å². The molecule has 20 heavy (non-hydrogen) atoms. The monoisotopic (exact) mass is 277 g/mol. The number of nitrogens with one attached hydrogen (secondary N) is 1. The normalized spacial score (nSPS) is 12.9. The van der Waals surface area contributed by atoms with E-state index in [-0.39, 0.29) is 0 Å². The lowest BCUT2D eigenvalue weighted by molar-refractivity contribution is 0.197. The van der Waals surface area contributed by atoms with Gasteiger partial charge < -0.3 is 10.1 Å². The fourth-order valence-corrected chi connectivity index (χ4v) is 2.84. The predicted molar refractivity (Wildman–Crippen MR) is 87.5 cm³/mol. The second-order valence-corrected chi connectivity index (χ2v) is 5.72. The van der Waals surface area contributed by atoms with Gasteiger partial charge in [-0.05, 0) is 42.4 Å². The summed E-state index contributed by atoms with van der Waals surface area (Å²) >= 11 is 0. The largest absolute Gasteiger partial charge is 0.383 e. The fourth-order valence-electron chi connectivity index (χ4n) is 2.84. The van der Waals surface area contributed by atoms with E-state index >= 15 is 0 Å². The van der Waals surface area contributed by atoms with Crippen LogP contribution in [0, 0.1) is 19.8 Å². The highest BCUT2D eigenvalue weighted by Crippen LogP contribution is 2.30. The molecule has 0 aromatic heterocycles. The quantitative estimate of drug-likeness (QED) is 0.687. The van der Waals surface area contributed by atoms with Crippen molar-refractivity contribution in [3.63, 3.8) is 0 Å². The van der Waals surface area contributed by atoms with Crippen LogP contribution in [0.4, 0.5) is 0 Å². The molecule has 1 unspecified atom stereocenters. The average molecular weight is 277 g/mol. The van der Waals surface area contributed by atoms with Crippen LogP contribution in [0.1, 0.15) is 49.3 Å². The summed E-state index contributed by atoms with van der Waals surface area (Å²) in [6.07, 6.45) is 2.47. The van der Waals surface area contributed by atoms with Gasteiger partial charge in [0.15, 0.2) is 0 Å². The Balaban J connectivity index is 2.82. The number of aryl methyl sites for hydroxylation is 2. The van der Waals surface area contributed by atoms with Crippen molar-refractivity contribution in [3.8, 4) is 0 Å². The third-order valence-corrected chi connectivity index (χ3v) is 4.42. The minimum absolute atomic E-state index is 0.598. The molecule has 0 bridgehead atoms. The van der Waals surface area contributed by atoms with Gasteiger partial charge in [-0.2, -0.15) is 0 Å². The molecule has 2 nitrogen and oxygen atoms in total. The summed E-state index contributed by atoms with van der Waals surface area (Å²) in [6, 6.07) is 6.94. The molecular weight excluding hydrogens is 246 g/mol. The number of rotatable bonds is 9. The number of benzene rings is 1. The molecule has 0 radical (unpaired) electrons. The zero-order chi connectivity index (χ0) is 15.0. The maximum absolute atomic E-state index is 5.11. The minimum Gasteiger partial charge on any atom is -0.383 e. The minimum atomic E-state index is 0.598. The highest BCUT2D eigenvalue weighted by molar-refractivity contribution is 5.32. The second-order valence-electron chi connectivity index (χ2n) is 5.72. The average Bonchev–Trinajstić information content (AvgIpc) is 2.45. The Morgan fingerprint density at radius 2 is 1.80 bits per heavy atom. The van der Waals surface area contributed by atoms with Gasteiger partial charge in [0, 0.05) is 20.2 Å². The molecule has 0 saturated carbocycles. The Morgan fingerprint density at radius 1 is 1.10 bits per heavy atom. The standard InChI is InChI=1S/C18H31NO/c1-6-16(7-2)18(13-19-10-11-20-5)17-9-8-14(3)15(4)12-17/h8-9,12,16,18-19H,6-7,10-11,13H2,1-5H3. The first kappa shape index (κ1) is 17.2. The summed E-state index contributed by atoms with van der Waals surface area (Å²) in [5.74, 6) is 1.34. The first-order valence-electron chi connectivity index (χ1n) is 7.90. The summed E-state index contributed by atoms with van der Waals surface area (Å²) in [6.45, 7) is 11.7. The smallest absolute Gasteiger partial charge is 0.0587 e. The molecule has 0 fully saturated rings. The van der Waals surface area contributed by atoms with E-state index in [1.165, 1.54) is 29.5 Å². The van der Waals surface area contributed by atoms with Crippen LogP contribution >= 0.6 is 0 Å². The molecule has 1 rings (SSSR count). The Labute approximate surface area is 124 Å². The highest BCUT2D eigenvalue weighted by Gasteiger charge is 2.20. The Hall–Kier alpha value is -0.860. The van der Waals surface area contributed by atoms with Crippen LogP contribution < -0.4 is 5.32 Å². The zero-order valence-corrected chi connectivity index (χ0v) is 13.8. The molecule has 0 aliphatic rings. The van der Waals surface area contributed by atoms with Gasteiger partial charge in [0.2, 0.25) is 0 Å². The van der Waals surface area contributed by atoms with E-state index in [0.29, 0.717) is 5.92 Å². The lowest BCUT2D eigenvalue weighted by atomic mass is 9.81. The number of hydrogen-bond donors (Lipinski definition) is 1. The zero-order valence-electron chi connectivity index (χ0n) is 13.8. The van der Waals surface area contributed by atoms with Crippen molar-refractivity contribution < 1.29 is 4.74 Å². The van der Waals surface area contributed by atoms with E-state index in [9.17, 15) is 0 Å². The SMILES string of the molecule is CCC(CC)C(CNCCOC)c1ccc(C)c(C)c1. The van der Waals surface area contributed by atoms with Gasteiger partial charge >= 0.3 is 0 Å². The van der Waals surface area contributed by atoms with Gasteiger partial charge in [-0.1, -0.05) is 44.9 Å². The Kier molecular flexibility index (Phi) is 7.86. The molecule has 0 heterocycles. The maximum Gasteiger partial charge on any atom is 0.0587 e. The fraction of sp³-hybridized carbons (Fsp3) is 0.667. The van der Waals surface area contributed by atoms with Crippen molar-refractivity contribution in [3.05, 3.63) is 34.9 Å². The van der Waals surface area contributed by atoms with E-state index in [1.54, 1.807) is 7.11 Å². The predicted octanol–water partition coefficient (Wildman–Crippen LogP) is 4.06. The molecular formula is C18H31NO. The molecule has 1 aromatic rings. The number of methoxy groups -OCH3 is 1. The molecule has 1 aromatic carbocycles. The summed E-state index contributed by atoms with van der Waals surface area (Å²) in [5.41, 5.74) is 4.26. The lowest BCUT2D eigenvalue weighted by Gasteiger charge is -2.27. The van der Waals surface area contributed by atoms with Gasteiger partial charge in [0.05, 0.1) is 6.61 Å². The maximum atomic E-state index is 5.11. The van der Waals surface area contributed by atoms with Crippen LogP contribution in [0.3, 0.4) is 0 Å². The summed E-state index contributed by atoms with van der Waals surface area (Å²) < 4.78 is 5.11. The van der Waals surface area contributed by atoms with Crippen LogP contribution in [0.5, 0.6) is 0 Å². The van der Waals surface area contributed by atoms with E-state index in [2.05, 4.69) is 51.2 Å². The third kappa shape index (κ3) is 4.92. The van der Waals surface area contributed by atoms with E-state index in [1.807, 2.05) is 0 Å². The summed E-state index contributed by atoms with van der Waals surface area (Å²) in [5, 5.41) is 3.54. The van der Waals surface area contributed by atoms with Crippen LogP contribution in [-0.2, 0) is 4.74 Å². The third-order valence-electron chi connectivity index (χ3n) is 4.42. The van der Waals surface area contributed by atoms with Crippen LogP contribution in [-0.4, -0.2) is 26.8 Å². The van der Waals surface area contributed by atoms with Gasteiger partial charge in [0.1, 0.15) is 0 Å². The summed E-state index contributed by atoms with van der Waals surface area (Å²) in [7, 11) is 1.75. The van der Waals surface area contributed by atoms with Crippen molar-refractivity contribution in [1.82, 2.24) is 5.32 Å². The van der Waals surface area contributed by atoms with Gasteiger partial charge in [0.25, 0.3) is 0 Å². The molecule has 1 atom stereocenters. The van der Waals surface area contributed by atoms with Crippen LogP contribution in [0.15, 0.2) is 18.2 Å². The van der Waals surface area contributed by atoms with Gasteiger partial charge in [-0.25, -0.2) is 0 Å². The van der Waals surface area contributed by atoms with Gasteiger partial charge in [-0.3, -0.25) is 0 Å². The molecule has 0 saturated heterocycles. The Morgan fingerprint density at radius 3 is 2.35 bits per heavy atom. The van der Waals surface area contributed by atoms with Crippen molar-refractivity contribution >= 4 is 0 Å². The van der Waals surface area contributed by atoms with Crippen LogP contribution in [0.25, 0.3) is 0 Å². The molecule has 1 N–H and O–H groups in total. The molecule has 2 heteroatoms. The first-order valence-corrected chi connectivity index (χ1v) is 7.90. The molecule has 0 aliphatic heterocycles. The number of hydrogen-bond acceptors (Lipinski definition) is 2. The first-order chi connectivity index (χ1) is 9.63. The highest BCUT2D eigenvalue weighted by atomic mass is 16.5. The molecule has 114 valence electrons. The van der Waals surface area contributed by atoms with Crippen molar-refractivity contribution in [2.75, 3.05) is 26.8 Å². The van der Waals surface area contributed by atoms with Crippen molar-refractivity contribution in [2.24, 2.45) is 5.92 Å². The number of ether oxygens (including phenoxy) is 1. The lowest BCUT2D eigenvalue weighted by Crippen LogP contribution is -2.29. The van der Waals surface area contributed by atoms with E-state index < -0.39 is 0 Å². The second kappa shape index (κ2) is 9.15. The topological polar surface area (TPSA) is 21.3 Å².